The maximum absolute atomic E-state index is 13.5. The summed E-state index contributed by atoms with van der Waals surface area (Å²) in [7, 11) is 0. The molecule has 0 aromatic heterocycles. The summed E-state index contributed by atoms with van der Waals surface area (Å²) in [5, 5.41) is 0. The number of fused-ring (bicyclic) bond motifs is 2. The summed E-state index contributed by atoms with van der Waals surface area (Å²) < 4.78 is 5.83. The van der Waals surface area contributed by atoms with Gasteiger partial charge in [0.05, 0.1) is 5.92 Å². The van der Waals surface area contributed by atoms with E-state index < -0.39 is 16.9 Å². The van der Waals surface area contributed by atoms with Crippen LogP contribution in [-0.2, 0) is 19.7 Å². The standard InChI is InChI=1S/C23H26O3/c1-16-14-17-10-8-9-13-19(20(17)24)23(15-16,18-11-6-5-7-12-18)21(25)26-22(2,3)4/h5-13,17,19H,1,14-15H2,2-4H3/t17-,19-,23-/m0/s1. The molecule has 3 nitrogen and oxygen atoms in total. The Morgan fingerprint density at radius 3 is 2.46 bits per heavy atom. The molecule has 1 fully saturated rings. The van der Waals surface area contributed by atoms with E-state index >= 15 is 0 Å². The molecular formula is C23H26O3. The molecule has 0 aliphatic heterocycles. The molecule has 136 valence electrons. The van der Waals surface area contributed by atoms with Crippen molar-refractivity contribution < 1.29 is 14.3 Å². The predicted molar refractivity (Wildman–Crippen MR) is 103 cm³/mol. The molecule has 0 spiro atoms. The van der Waals surface area contributed by atoms with Crippen molar-refractivity contribution in [3.63, 3.8) is 0 Å². The van der Waals surface area contributed by atoms with Gasteiger partial charge >= 0.3 is 5.97 Å². The van der Waals surface area contributed by atoms with Crippen molar-refractivity contribution in [1.29, 1.82) is 0 Å². The van der Waals surface area contributed by atoms with Gasteiger partial charge in [0, 0.05) is 5.92 Å². The van der Waals surface area contributed by atoms with Crippen LogP contribution in [-0.4, -0.2) is 17.4 Å². The Hall–Kier alpha value is -2.42. The van der Waals surface area contributed by atoms with Crippen molar-refractivity contribution in [1.82, 2.24) is 0 Å². The molecule has 0 N–H and O–H groups in total. The Morgan fingerprint density at radius 2 is 1.81 bits per heavy atom. The molecule has 3 atom stereocenters. The van der Waals surface area contributed by atoms with Crippen LogP contribution in [0.15, 0.2) is 66.8 Å². The Morgan fingerprint density at radius 1 is 1.15 bits per heavy atom. The summed E-state index contributed by atoms with van der Waals surface area (Å²) in [6.45, 7) is 9.74. The number of rotatable bonds is 2. The van der Waals surface area contributed by atoms with E-state index in [1.165, 1.54) is 0 Å². The molecule has 0 amide bonds. The van der Waals surface area contributed by atoms with Crippen LogP contribution in [0.2, 0.25) is 0 Å². The van der Waals surface area contributed by atoms with Crippen LogP contribution in [0.5, 0.6) is 0 Å². The molecule has 0 heterocycles. The summed E-state index contributed by atoms with van der Waals surface area (Å²) in [4.78, 5) is 26.8. The third-order valence-corrected chi connectivity index (χ3v) is 5.05. The lowest BCUT2D eigenvalue weighted by atomic mass is 9.66. The Bertz CT molecular complexity index is 779. The molecule has 2 aliphatic rings. The van der Waals surface area contributed by atoms with Gasteiger partial charge in [0.2, 0.25) is 0 Å². The van der Waals surface area contributed by atoms with E-state index in [4.69, 9.17) is 4.74 Å². The van der Waals surface area contributed by atoms with Gasteiger partial charge in [-0.2, -0.15) is 0 Å². The largest absolute Gasteiger partial charge is 0.459 e. The first-order chi connectivity index (χ1) is 12.2. The summed E-state index contributed by atoms with van der Waals surface area (Å²) in [6, 6.07) is 9.53. The van der Waals surface area contributed by atoms with E-state index in [2.05, 4.69) is 6.58 Å². The average Bonchev–Trinajstić information content (AvgIpc) is 2.80. The first-order valence-corrected chi connectivity index (χ1v) is 9.08. The van der Waals surface area contributed by atoms with Crippen molar-refractivity contribution in [3.05, 3.63) is 72.4 Å². The fraction of sp³-hybridized carbons (Fsp3) is 0.391. The second kappa shape index (κ2) is 6.71. The highest BCUT2D eigenvalue weighted by Gasteiger charge is 2.54. The number of Topliss-reactive ketones (excluding diaryl/α,β-unsaturated/α-hetero) is 1. The van der Waals surface area contributed by atoms with Gasteiger partial charge in [0.1, 0.15) is 16.8 Å². The highest BCUT2D eigenvalue weighted by atomic mass is 16.6. The third-order valence-electron chi connectivity index (χ3n) is 5.05. The molecule has 1 aromatic rings. The quantitative estimate of drug-likeness (QED) is 0.581. The fourth-order valence-corrected chi connectivity index (χ4v) is 3.96. The van der Waals surface area contributed by atoms with Crippen molar-refractivity contribution in [2.75, 3.05) is 0 Å². The lowest BCUT2D eigenvalue weighted by Crippen LogP contribution is -2.48. The normalized spacial score (nSPS) is 28.4. The van der Waals surface area contributed by atoms with Crippen molar-refractivity contribution >= 4 is 11.8 Å². The summed E-state index contributed by atoms with van der Waals surface area (Å²) >= 11 is 0. The maximum Gasteiger partial charge on any atom is 0.318 e. The molecule has 3 rings (SSSR count). The first-order valence-electron chi connectivity index (χ1n) is 9.08. The Labute approximate surface area is 155 Å². The van der Waals surface area contributed by atoms with Crippen LogP contribution in [0.3, 0.4) is 0 Å². The Balaban J connectivity index is 2.22. The lowest BCUT2D eigenvalue weighted by molar-refractivity contribution is -0.165. The summed E-state index contributed by atoms with van der Waals surface area (Å²) in [5.41, 5.74) is -0.0109. The second-order valence-corrected chi connectivity index (χ2v) is 8.23. The fourth-order valence-electron chi connectivity index (χ4n) is 3.96. The molecule has 1 saturated carbocycles. The highest BCUT2D eigenvalue weighted by molar-refractivity contribution is 5.97. The van der Waals surface area contributed by atoms with Gasteiger partial charge in [0.15, 0.2) is 0 Å². The van der Waals surface area contributed by atoms with Gasteiger partial charge in [-0.1, -0.05) is 66.8 Å². The van der Waals surface area contributed by atoms with Crippen molar-refractivity contribution in [2.45, 2.75) is 44.6 Å². The number of hydrogen-bond acceptors (Lipinski definition) is 3. The van der Waals surface area contributed by atoms with Crippen LogP contribution in [0, 0.1) is 11.8 Å². The summed E-state index contributed by atoms with van der Waals surface area (Å²) in [6.07, 6.45) is 8.53. The van der Waals surface area contributed by atoms with Crippen LogP contribution in [0.4, 0.5) is 0 Å². The van der Waals surface area contributed by atoms with Gasteiger partial charge in [-0.25, -0.2) is 0 Å². The molecule has 1 aromatic carbocycles. The number of ether oxygens (including phenoxy) is 1. The number of allylic oxidation sites excluding steroid dienone is 5. The molecule has 2 bridgehead atoms. The van der Waals surface area contributed by atoms with Crippen LogP contribution in [0.25, 0.3) is 0 Å². The highest BCUT2D eigenvalue weighted by Crippen LogP contribution is 2.47. The lowest BCUT2D eigenvalue weighted by Gasteiger charge is -2.38. The van der Waals surface area contributed by atoms with Crippen molar-refractivity contribution in [3.8, 4) is 0 Å². The van der Waals surface area contributed by atoms with Crippen molar-refractivity contribution in [2.24, 2.45) is 11.8 Å². The zero-order valence-corrected chi connectivity index (χ0v) is 15.7. The zero-order valence-electron chi connectivity index (χ0n) is 15.7. The van der Waals surface area contributed by atoms with E-state index in [1.807, 2.05) is 75.4 Å². The van der Waals surface area contributed by atoms with E-state index in [0.29, 0.717) is 12.8 Å². The first kappa shape index (κ1) is 18.4. The van der Waals surface area contributed by atoms with Gasteiger partial charge < -0.3 is 4.74 Å². The number of carbonyl (C=O) groups excluding carboxylic acids is 2. The second-order valence-electron chi connectivity index (χ2n) is 8.23. The SMILES string of the molecule is C=C1C[C@@H]2C=CC=C[C@@H](C2=O)[C@@](C(=O)OC(C)(C)C)(c2ccccc2)C1. The molecule has 0 radical (unpaired) electrons. The van der Waals surface area contributed by atoms with Gasteiger partial charge in [0.25, 0.3) is 0 Å². The number of ketones is 1. The van der Waals surface area contributed by atoms with E-state index in [0.717, 1.165) is 11.1 Å². The van der Waals surface area contributed by atoms with Crippen LogP contribution in [0.1, 0.15) is 39.2 Å². The average molecular weight is 350 g/mol. The van der Waals surface area contributed by atoms with Gasteiger partial charge in [-0.05, 0) is 39.2 Å². The number of esters is 1. The molecular weight excluding hydrogens is 324 g/mol. The smallest absolute Gasteiger partial charge is 0.318 e. The predicted octanol–water partition coefficient (Wildman–Crippen LogP) is 4.54. The zero-order chi connectivity index (χ0) is 18.9. The minimum Gasteiger partial charge on any atom is -0.459 e. The van der Waals surface area contributed by atoms with Gasteiger partial charge in [-0.15, -0.1) is 0 Å². The minimum absolute atomic E-state index is 0.0587. The minimum atomic E-state index is -1.08. The van der Waals surface area contributed by atoms with E-state index in [1.54, 1.807) is 0 Å². The molecule has 3 heteroatoms. The van der Waals surface area contributed by atoms with E-state index in [-0.39, 0.29) is 17.7 Å². The topological polar surface area (TPSA) is 43.4 Å². The molecule has 26 heavy (non-hydrogen) atoms. The number of carbonyl (C=O) groups is 2. The molecule has 2 aliphatic carbocycles. The molecule has 0 saturated heterocycles. The summed E-state index contributed by atoms with van der Waals surface area (Å²) in [5.74, 6) is -1.11. The molecule has 0 unspecified atom stereocenters. The monoisotopic (exact) mass is 350 g/mol. The maximum atomic E-state index is 13.5. The number of hydrogen-bond donors (Lipinski definition) is 0. The number of benzene rings is 1. The van der Waals surface area contributed by atoms with Crippen LogP contribution >= 0.6 is 0 Å². The Kier molecular flexibility index (Phi) is 4.74. The third kappa shape index (κ3) is 3.31. The van der Waals surface area contributed by atoms with Crippen LogP contribution < -0.4 is 0 Å². The van der Waals surface area contributed by atoms with E-state index in [9.17, 15) is 9.59 Å². The van der Waals surface area contributed by atoms with Gasteiger partial charge in [-0.3, -0.25) is 9.59 Å².